The number of aliphatic hydroxyl groups is 1. The van der Waals surface area contributed by atoms with Crippen LogP contribution in [0.15, 0.2) is 54.6 Å². The molecule has 2 aromatic rings. The molecule has 158 valence electrons. The van der Waals surface area contributed by atoms with Crippen molar-refractivity contribution in [2.45, 2.75) is 31.9 Å². The average Bonchev–Trinajstić information content (AvgIpc) is 3.15. The molecule has 1 aliphatic rings. The van der Waals surface area contributed by atoms with Crippen LogP contribution in [0.1, 0.15) is 41.7 Å². The van der Waals surface area contributed by atoms with Crippen molar-refractivity contribution in [2.75, 3.05) is 38.1 Å². The Hall–Kier alpha value is -2.08. The fourth-order valence-electron chi connectivity index (χ4n) is 3.72. The second-order valence-corrected chi connectivity index (χ2v) is 7.54. The Morgan fingerprint density at radius 2 is 1.90 bits per heavy atom. The van der Waals surface area contributed by atoms with Gasteiger partial charge in [-0.25, -0.2) is 0 Å². The zero-order valence-electron chi connectivity index (χ0n) is 17.3. The number of halogens is 1. The van der Waals surface area contributed by atoms with Gasteiger partial charge in [0.2, 0.25) is 0 Å². The molecule has 0 spiro atoms. The average molecular weight is 418 g/mol. The Morgan fingerprint density at radius 3 is 2.48 bits per heavy atom. The minimum Gasteiger partial charge on any atom is -0.392 e. The molecule has 0 aliphatic carbocycles. The van der Waals surface area contributed by atoms with Gasteiger partial charge >= 0.3 is 0 Å². The van der Waals surface area contributed by atoms with Gasteiger partial charge in [0.25, 0.3) is 5.91 Å². The number of benzene rings is 2. The number of β-amino-alcohol motifs (C(OH)–C–C–N with tert-alkyl or cyclic N) is 1. The van der Waals surface area contributed by atoms with E-state index in [2.05, 4.69) is 46.4 Å². The van der Waals surface area contributed by atoms with Crippen molar-refractivity contribution < 1.29 is 9.90 Å². The normalized spacial score (nSPS) is 17.4. The van der Waals surface area contributed by atoms with Crippen molar-refractivity contribution in [3.63, 3.8) is 0 Å². The molecule has 0 unspecified atom stereocenters. The summed E-state index contributed by atoms with van der Waals surface area (Å²) in [6.45, 7) is 5.25. The van der Waals surface area contributed by atoms with Gasteiger partial charge in [-0.3, -0.25) is 9.69 Å². The van der Waals surface area contributed by atoms with Gasteiger partial charge < -0.3 is 15.3 Å². The third-order valence-corrected chi connectivity index (χ3v) is 5.40. The lowest BCUT2D eigenvalue weighted by atomic mass is 10.0. The summed E-state index contributed by atoms with van der Waals surface area (Å²) in [7, 11) is 2.09. The van der Waals surface area contributed by atoms with Crippen LogP contribution in [0.2, 0.25) is 0 Å². The summed E-state index contributed by atoms with van der Waals surface area (Å²) in [5, 5.41) is 12.8. The van der Waals surface area contributed by atoms with Gasteiger partial charge in [0, 0.05) is 44.5 Å². The maximum Gasteiger partial charge on any atom is 0.251 e. The lowest BCUT2D eigenvalue weighted by Crippen LogP contribution is -2.36. The van der Waals surface area contributed by atoms with Gasteiger partial charge in [0.1, 0.15) is 0 Å². The summed E-state index contributed by atoms with van der Waals surface area (Å²) >= 11 is 0. The monoisotopic (exact) mass is 417 g/mol. The number of likely N-dealkylation sites (N-methyl/N-ethyl adjacent to an activating group) is 1. The van der Waals surface area contributed by atoms with E-state index in [9.17, 15) is 9.90 Å². The van der Waals surface area contributed by atoms with Crippen LogP contribution in [0.5, 0.6) is 0 Å². The number of hydrogen-bond acceptors (Lipinski definition) is 4. The van der Waals surface area contributed by atoms with Crippen molar-refractivity contribution >= 4 is 24.0 Å². The maximum atomic E-state index is 12.1. The molecule has 6 heteroatoms. The first-order valence-corrected chi connectivity index (χ1v) is 10.1. The molecule has 0 saturated carbocycles. The quantitative estimate of drug-likeness (QED) is 0.690. The molecular formula is C23H32ClN3O2. The molecule has 1 saturated heterocycles. The van der Waals surface area contributed by atoms with Gasteiger partial charge in [-0.2, -0.15) is 0 Å². The molecule has 2 atom stereocenters. The molecule has 5 nitrogen and oxygen atoms in total. The zero-order valence-corrected chi connectivity index (χ0v) is 18.1. The first kappa shape index (κ1) is 23.2. The highest BCUT2D eigenvalue weighted by atomic mass is 35.5. The SMILES string of the molecule is CCCNC(=O)c1ccc(N(C)[C@H](CN2CC[C@H](O)C2)c2ccccc2)cc1.Cl. The second-order valence-electron chi connectivity index (χ2n) is 7.54. The number of carbonyl (C=O) groups excluding carboxylic acids is 1. The predicted molar refractivity (Wildman–Crippen MR) is 121 cm³/mol. The smallest absolute Gasteiger partial charge is 0.251 e. The Balaban J connectivity index is 0.00000300. The second kappa shape index (κ2) is 11.2. The molecule has 1 fully saturated rings. The fraction of sp³-hybridized carbons (Fsp3) is 0.435. The van der Waals surface area contributed by atoms with Crippen LogP contribution < -0.4 is 10.2 Å². The highest BCUT2D eigenvalue weighted by molar-refractivity contribution is 5.94. The van der Waals surface area contributed by atoms with Gasteiger partial charge in [-0.15, -0.1) is 12.4 Å². The topological polar surface area (TPSA) is 55.8 Å². The van der Waals surface area contributed by atoms with Crippen molar-refractivity contribution in [3.8, 4) is 0 Å². The van der Waals surface area contributed by atoms with Crippen LogP contribution in [-0.2, 0) is 0 Å². The summed E-state index contributed by atoms with van der Waals surface area (Å²) < 4.78 is 0. The van der Waals surface area contributed by atoms with Crippen molar-refractivity contribution in [3.05, 3.63) is 65.7 Å². The van der Waals surface area contributed by atoms with Crippen LogP contribution in [0.25, 0.3) is 0 Å². The Kier molecular flexibility index (Phi) is 8.96. The third-order valence-electron chi connectivity index (χ3n) is 5.40. The van der Waals surface area contributed by atoms with Crippen LogP contribution in [0.3, 0.4) is 0 Å². The van der Waals surface area contributed by atoms with E-state index < -0.39 is 0 Å². The first-order chi connectivity index (χ1) is 13.6. The first-order valence-electron chi connectivity index (χ1n) is 10.1. The van der Waals surface area contributed by atoms with Crippen LogP contribution in [-0.4, -0.2) is 55.2 Å². The molecule has 2 aromatic carbocycles. The minimum atomic E-state index is -0.220. The molecule has 3 rings (SSSR count). The number of nitrogens with one attached hydrogen (secondary N) is 1. The molecule has 2 N–H and O–H groups in total. The third kappa shape index (κ3) is 6.20. The summed E-state index contributed by atoms with van der Waals surface area (Å²) in [4.78, 5) is 16.7. The Bertz CT molecular complexity index is 754. The number of aliphatic hydroxyl groups excluding tert-OH is 1. The predicted octanol–water partition coefficient (Wildman–Crippen LogP) is 3.49. The molecule has 1 amide bonds. The van der Waals surface area contributed by atoms with E-state index in [0.717, 1.165) is 38.2 Å². The maximum absolute atomic E-state index is 12.1. The Morgan fingerprint density at radius 1 is 1.21 bits per heavy atom. The van der Waals surface area contributed by atoms with Gasteiger partial charge in [0.05, 0.1) is 12.1 Å². The summed E-state index contributed by atoms with van der Waals surface area (Å²) in [5.41, 5.74) is 3.00. The van der Waals surface area contributed by atoms with E-state index in [1.165, 1.54) is 5.56 Å². The number of nitrogens with zero attached hydrogens (tertiary/aromatic N) is 2. The van der Waals surface area contributed by atoms with Crippen LogP contribution in [0.4, 0.5) is 5.69 Å². The Labute approximate surface area is 180 Å². The lowest BCUT2D eigenvalue weighted by molar-refractivity contribution is 0.0953. The molecule has 0 radical (unpaired) electrons. The van der Waals surface area contributed by atoms with Gasteiger partial charge in [0.15, 0.2) is 0 Å². The fourth-order valence-corrected chi connectivity index (χ4v) is 3.72. The van der Waals surface area contributed by atoms with E-state index in [4.69, 9.17) is 0 Å². The molecule has 29 heavy (non-hydrogen) atoms. The molecule has 0 bridgehead atoms. The van der Waals surface area contributed by atoms with E-state index >= 15 is 0 Å². The van der Waals surface area contributed by atoms with E-state index in [1.807, 2.05) is 37.3 Å². The van der Waals surface area contributed by atoms with E-state index in [0.29, 0.717) is 12.1 Å². The van der Waals surface area contributed by atoms with Crippen molar-refractivity contribution in [1.29, 1.82) is 0 Å². The molecule has 1 heterocycles. The highest BCUT2D eigenvalue weighted by Crippen LogP contribution is 2.28. The van der Waals surface area contributed by atoms with Crippen molar-refractivity contribution in [1.82, 2.24) is 10.2 Å². The number of amides is 1. The van der Waals surface area contributed by atoms with E-state index in [-0.39, 0.29) is 30.5 Å². The molecular weight excluding hydrogens is 386 g/mol. The molecule has 0 aromatic heterocycles. The minimum absolute atomic E-state index is 0. The summed E-state index contributed by atoms with van der Waals surface area (Å²) in [6, 6.07) is 18.4. The number of likely N-dealkylation sites (tertiary alicyclic amines) is 1. The highest BCUT2D eigenvalue weighted by Gasteiger charge is 2.26. The number of anilines is 1. The van der Waals surface area contributed by atoms with Crippen LogP contribution in [0, 0.1) is 0 Å². The lowest BCUT2D eigenvalue weighted by Gasteiger charge is -2.33. The standard InChI is InChI=1S/C23H31N3O2.ClH/c1-3-14-24-23(28)19-9-11-20(12-10-19)25(2)22(18-7-5-4-6-8-18)17-26-15-13-21(27)16-26;/h4-12,21-22,27H,3,13-17H2,1-2H3,(H,24,28);1H/t21-,22+;/m0./s1. The summed E-state index contributed by atoms with van der Waals surface area (Å²) in [5.74, 6) is -0.0262. The zero-order chi connectivity index (χ0) is 19.9. The molecule has 1 aliphatic heterocycles. The van der Waals surface area contributed by atoms with Gasteiger partial charge in [-0.1, -0.05) is 37.3 Å². The summed E-state index contributed by atoms with van der Waals surface area (Å²) in [6.07, 6.45) is 1.55. The van der Waals surface area contributed by atoms with Gasteiger partial charge in [-0.05, 0) is 42.7 Å². The largest absolute Gasteiger partial charge is 0.392 e. The van der Waals surface area contributed by atoms with E-state index in [1.54, 1.807) is 0 Å². The number of carbonyl (C=O) groups is 1. The number of hydrogen-bond donors (Lipinski definition) is 2. The van der Waals surface area contributed by atoms with Crippen LogP contribution >= 0.6 is 12.4 Å². The number of rotatable bonds is 8. The van der Waals surface area contributed by atoms with Crippen molar-refractivity contribution in [2.24, 2.45) is 0 Å².